The SMILES string of the molecule is CC1CNc2cc(Cl)cnc2NC1. The first-order valence-corrected chi connectivity index (χ1v) is 4.77. The van der Waals surface area contributed by atoms with E-state index in [2.05, 4.69) is 22.5 Å². The Labute approximate surface area is 82.5 Å². The highest BCUT2D eigenvalue weighted by Crippen LogP contribution is 2.25. The number of halogens is 1. The first-order valence-electron chi connectivity index (χ1n) is 4.39. The number of hydrogen-bond acceptors (Lipinski definition) is 3. The molecule has 0 aromatic carbocycles. The molecule has 3 nitrogen and oxygen atoms in total. The molecule has 13 heavy (non-hydrogen) atoms. The molecule has 1 unspecified atom stereocenters. The fourth-order valence-electron chi connectivity index (χ4n) is 1.34. The lowest BCUT2D eigenvalue weighted by atomic mass is 10.2. The fourth-order valence-corrected chi connectivity index (χ4v) is 1.50. The summed E-state index contributed by atoms with van der Waals surface area (Å²) < 4.78 is 0. The van der Waals surface area contributed by atoms with Crippen LogP contribution >= 0.6 is 11.6 Å². The van der Waals surface area contributed by atoms with Gasteiger partial charge in [0.2, 0.25) is 0 Å². The molecule has 2 rings (SSSR count). The largest absolute Gasteiger partial charge is 0.382 e. The minimum absolute atomic E-state index is 0.605. The Hall–Kier alpha value is -0.960. The molecule has 0 aliphatic carbocycles. The zero-order chi connectivity index (χ0) is 9.26. The van der Waals surface area contributed by atoms with Crippen LogP contribution in [0.2, 0.25) is 5.02 Å². The number of fused-ring (bicyclic) bond motifs is 1. The van der Waals surface area contributed by atoms with Crippen molar-refractivity contribution in [1.29, 1.82) is 0 Å². The maximum absolute atomic E-state index is 5.84. The van der Waals surface area contributed by atoms with Gasteiger partial charge in [-0.3, -0.25) is 0 Å². The van der Waals surface area contributed by atoms with E-state index in [4.69, 9.17) is 11.6 Å². The van der Waals surface area contributed by atoms with Crippen LogP contribution in [0.15, 0.2) is 12.3 Å². The molecule has 1 aromatic rings. The van der Waals surface area contributed by atoms with E-state index in [0.29, 0.717) is 10.9 Å². The highest BCUT2D eigenvalue weighted by molar-refractivity contribution is 6.30. The molecule has 0 radical (unpaired) electrons. The number of nitrogens with one attached hydrogen (secondary N) is 2. The Morgan fingerprint density at radius 1 is 1.46 bits per heavy atom. The van der Waals surface area contributed by atoms with Crippen LogP contribution in [0.5, 0.6) is 0 Å². The summed E-state index contributed by atoms with van der Waals surface area (Å²) in [7, 11) is 0. The molecule has 70 valence electrons. The van der Waals surface area contributed by atoms with Crippen molar-refractivity contribution >= 4 is 23.1 Å². The van der Waals surface area contributed by atoms with Crippen molar-refractivity contribution in [1.82, 2.24) is 4.98 Å². The van der Waals surface area contributed by atoms with Crippen LogP contribution < -0.4 is 10.6 Å². The maximum Gasteiger partial charge on any atom is 0.149 e. The molecule has 2 heterocycles. The smallest absolute Gasteiger partial charge is 0.149 e. The van der Waals surface area contributed by atoms with Gasteiger partial charge in [0.25, 0.3) is 0 Å². The number of hydrogen-bond donors (Lipinski definition) is 2. The number of nitrogens with zero attached hydrogens (tertiary/aromatic N) is 1. The lowest BCUT2D eigenvalue weighted by molar-refractivity contribution is 0.656. The average Bonchev–Trinajstić information content (AvgIpc) is 2.29. The second-order valence-corrected chi connectivity index (χ2v) is 3.85. The summed E-state index contributed by atoms with van der Waals surface area (Å²) in [6.07, 6.45) is 1.66. The highest BCUT2D eigenvalue weighted by atomic mass is 35.5. The van der Waals surface area contributed by atoms with Gasteiger partial charge in [-0.15, -0.1) is 0 Å². The van der Waals surface area contributed by atoms with E-state index in [-0.39, 0.29) is 0 Å². The zero-order valence-corrected chi connectivity index (χ0v) is 8.23. The second-order valence-electron chi connectivity index (χ2n) is 3.42. The summed E-state index contributed by atoms with van der Waals surface area (Å²) >= 11 is 5.84. The standard InChI is InChI=1S/C9H12ClN3/c1-6-3-11-8-2-7(10)5-13-9(8)12-4-6/h2,5-6,11H,3-4H2,1H3,(H,12,13). The van der Waals surface area contributed by atoms with Crippen molar-refractivity contribution in [3.05, 3.63) is 17.3 Å². The van der Waals surface area contributed by atoms with Gasteiger partial charge in [-0.1, -0.05) is 18.5 Å². The van der Waals surface area contributed by atoms with Gasteiger partial charge < -0.3 is 10.6 Å². The first kappa shape index (κ1) is 8.63. The lowest BCUT2D eigenvalue weighted by Gasteiger charge is -2.06. The number of pyridine rings is 1. The molecular weight excluding hydrogens is 186 g/mol. The minimum Gasteiger partial charge on any atom is -0.382 e. The van der Waals surface area contributed by atoms with E-state index in [0.717, 1.165) is 24.6 Å². The topological polar surface area (TPSA) is 37.0 Å². The van der Waals surface area contributed by atoms with E-state index in [1.165, 1.54) is 0 Å². The molecule has 1 aliphatic heterocycles. The summed E-state index contributed by atoms with van der Waals surface area (Å²) in [5.41, 5.74) is 0.997. The number of anilines is 2. The molecule has 0 amide bonds. The van der Waals surface area contributed by atoms with E-state index in [1.807, 2.05) is 6.07 Å². The van der Waals surface area contributed by atoms with Gasteiger partial charge in [0.1, 0.15) is 5.82 Å². The van der Waals surface area contributed by atoms with Crippen LogP contribution in [0.25, 0.3) is 0 Å². The van der Waals surface area contributed by atoms with Gasteiger partial charge >= 0.3 is 0 Å². The van der Waals surface area contributed by atoms with Crippen LogP contribution in [0.3, 0.4) is 0 Å². The summed E-state index contributed by atoms with van der Waals surface area (Å²) in [4.78, 5) is 4.21. The van der Waals surface area contributed by atoms with Crippen molar-refractivity contribution in [3.8, 4) is 0 Å². The van der Waals surface area contributed by atoms with Crippen LogP contribution in [0.1, 0.15) is 6.92 Å². The second kappa shape index (κ2) is 3.42. The van der Waals surface area contributed by atoms with Gasteiger partial charge in [-0.05, 0) is 12.0 Å². The Bertz CT molecular complexity index is 314. The lowest BCUT2D eigenvalue weighted by Crippen LogP contribution is -2.14. The molecular formula is C9H12ClN3. The van der Waals surface area contributed by atoms with Crippen molar-refractivity contribution in [3.63, 3.8) is 0 Å². The molecule has 0 bridgehead atoms. The Morgan fingerprint density at radius 3 is 3.08 bits per heavy atom. The van der Waals surface area contributed by atoms with Gasteiger partial charge in [0, 0.05) is 19.3 Å². The maximum atomic E-state index is 5.84. The minimum atomic E-state index is 0.605. The van der Waals surface area contributed by atoms with Gasteiger partial charge in [0.15, 0.2) is 0 Å². The van der Waals surface area contributed by atoms with Crippen LogP contribution in [-0.2, 0) is 0 Å². The summed E-state index contributed by atoms with van der Waals surface area (Å²) in [5, 5.41) is 7.25. The predicted molar refractivity (Wildman–Crippen MR) is 55.4 cm³/mol. The highest BCUT2D eigenvalue weighted by Gasteiger charge is 2.12. The third kappa shape index (κ3) is 1.86. The van der Waals surface area contributed by atoms with Gasteiger partial charge in [-0.25, -0.2) is 4.98 Å². The molecule has 1 aliphatic rings. The third-order valence-electron chi connectivity index (χ3n) is 2.11. The van der Waals surface area contributed by atoms with Crippen LogP contribution in [0.4, 0.5) is 11.5 Å². The fraction of sp³-hybridized carbons (Fsp3) is 0.444. The normalized spacial score (nSPS) is 20.9. The molecule has 0 saturated heterocycles. The Balaban J connectivity index is 2.30. The van der Waals surface area contributed by atoms with Gasteiger partial charge in [0.05, 0.1) is 10.7 Å². The van der Waals surface area contributed by atoms with E-state index in [1.54, 1.807) is 6.20 Å². The quantitative estimate of drug-likeness (QED) is 0.670. The van der Waals surface area contributed by atoms with E-state index in [9.17, 15) is 0 Å². The van der Waals surface area contributed by atoms with Gasteiger partial charge in [-0.2, -0.15) is 0 Å². The van der Waals surface area contributed by atoms with E-state index >= 15 is 0 Å². The molecule has 0 saturated carbocycles. The van der Waals surface area contributed by atoms with Crippen molar-refractivity contribution < 1.29 is 0 Å². The molecule has 4 heteroatoms. The summed E-state index contributed by atoms with van der Waals surface area (Å²) in [5.74, 6) is 1.50. The van der Waals surface area contributed by atoms with Crippen LogP contribution in [0, 0.1) is 5.92 Å². The molecule has 1 aromatic heterocycles. The zero-order valence-electron chi connectivity index (χ0n) is 7.47. The molecule has 2 N–H and O–H groups in total. The molecule has 1 atom stereocenters. The van der Waals surface area contributed by atoms with Crippen LogP contribution in [-0.4, -0.2) is 18.1 Å². The number of aromatic nitrogens is 1. The van der Waals surface area contributed by atoms with Crippen molar-refractivity contribution in [2.45, 2.75) is 6.92 Å². The monoisotopic (exact) mass is 197 g/mol. The van der Waals surface area contributed by atoms with Crippen molar-refractivity contribution in [2.75, 3.05) is 23.7 Å². The molecule has 0 spiro atoms. The molecule has 0 fully saturated rings. The average molecular weight is 198 g/mol. The summed E-state index contributed by atoms with van der Waals surface area (Å²) in [6, 6.07) is 1.90. The van der Waals surface area contributed by atoms with Crippen molar-refractivity contribution in [2.24, 2.45) is 5.92 Å². The number of rotatable bonds is 0. The third-order valence-corrected chi connectivity index (χ3v) is 2.32. The Kier molecular flexibility index (Phi) is 2.27. The Morgan fingerprint density at radius 2 is 2.23 bits per heavy atom. The van der Waals surface area contributed by atoms with E-state index < -0.39 is 0 Å². The summed E-state index contributed by atoms with van der Waals surface area (Å²) in [6.45, 7) is 4.10. The predicted octanol–water partition coefficient (Wildman–Crippen LogP) is 2.21. The first-order chi connectivity index (χ1) is 6.25.